The highest BCUT2D eigenvalue weighted by Gasteiger charge is 2.07. The number of anilines is 1. The van der Waals surface area contributed by atoms with Crippen molar-refractivity contribution in [2.45, 2.75) is 11.4 Å². The molecule has 2 rings (SSSR count). The second-order valence-corrected chi connectivity index (χ2v) is 6.45. The molecule has 6 nitrogen and oxygen atoms in total. The molecule has 2 N–H and O–H groups in total. The van der Waals surface area contributed by atoms with Crippen molar-refractivity contribution >= 4 is 21.7 Å². The van der Waals surface area contributed by atoms with E-state index in [2.05, 4.69) is 15.6 Å². The van der Waals surface area contributed by atoms with Crippen LogP contribution in [0.25, 0.3) is 0 Å². The van der Waals surface area contributed by atoms with Crippen molar-refractivity contribution in [3.8, 4) is 0 Å². The molecule has 0 atom stereocenters. The quantitative estimate of drug-likeness (QED) is 0.901. The maximum Gasteiger partial charge on any atom is 0.320 e. The molecule has 0 unspecified atom stereocenters. The van der Waals surface area contributed by atoms with Crippen molar-refractivity contribution in [2.24, 2.45) is 0 Å². The van der Waals surface area contributed by atoms with Gasteiger partial charge >= 0.3 is 6.03 Å². The summed E-state index contributed by atoms with van der Waals surface area (Å²) < 4.78 is 22.7. The summed E-state index contributed by atoms with van der Waals surface area (Å²) in [5.74, 6) is 0.461. The molecule has 1 aromatic carbocycles. The zero-order valence-electron chi connectivity index (χ0n) is 11.4. The fourth-order valence-electron chi connectivity index (χ4n) is 1.63. The van der Waals surface area contributed by atoms with E-state index < -0.39 is 9.84 Å². The maximum absolute atomic E-state index is 11.7. The predicted octanol–water partition coefficient (Wildman–Crippen LogP) is 1.81. The zero-order valence-corrected chi connectivity index (χ0v) is 12.2. The van der Waals surface area contributed by atoms with E-state index in [1.54, 1.807) is 36.5 Å². The number of sulfone groups is 1. The van der Waals surface area contributed by atoms with E-state index >= 15 is 0 Å². The lowest BCUT2D eigenvalue weighted by atomic mass is 10.2. The van der Waals surface area contributed by atoms with Crippen LogP contribution in [0.3, 0.4) is 0 Å². The number of urea groups is 1. The van der Waals surface area contributed by atoms with Crippen LogP contribution in [0.4, 0.5) is 10.6 Å². The number of rotatable bonds is 4. The number of hydrogen-bond acceptors (Lipinski definition) is 4. The van der Waals surface area contributed by atoms with Gasteiger partial charge in [-0.05, 0) is 29.8 Å². The summed E-state index contributed by atoms with van der Waals surface area (Å²) in [6.07, 6.45) is 2.74. The van der Waals surface area contributed by atoms with E-state index in [1.807, 2.05) is 0 Å². The van der Waals surface area contributed by atoms with Crippen molar-refractivity contribution in [1.29, 1.82) is 0 Å². The van der Waals surface area contributed by atoms with Gasteiger partial charge in [0.25, 0.3) is 0 Å². The van der Waals surface area contributed by atoms with Crippen LogP contribution >= 0.6 is 0 Å². The van der Waals surface area contributed by atoms with E-state index in [9.17, 15) is 13.2 Å². The van der Waals surface area contributed by atoms with E-state index in [0.717, 1.165) is 11.8 Å². The van der Waals surface area contributed by atoms with Gasteiger partial charge in [-0.25, -0.2) is 18.2 Å². The number of nitrogens with zero attached hydrogens (tertiary/aromatic N) is 1. The average molecular weight is 305 g/mol. The first-order chi connectivity index (χ1) is 9.95. The highest BCUT2D eigenvalue weighted by molar-refractivity contribution is 7.90. The minimum absolute atomic E-state index is 0.254. The molecule has 2 amide bonds. The van der Waals surface area contributed by atoms with Gasteiger partial charge in [0, 0.05) is 19.0 Å². The van der Waals surface area contributed by atoms with Crippen molar-refractivity contribution in [1.82, 2.24) is 10.3 Å². The fraction of sp³-hybridized carbons (Fsp3) is 0.143. The predicted molar refractivity (Wildman–Crippen MR) is 79.6 cm³/mol. The minimum Gasteiger partial charge on any atom is -0.334 e. The Morgan fingerprint density at radius 1 is 1.14 bits per heavy atom. The summed E-state index contributed by atoms with van der Waals surface area (Å²) in [4.78, 5) is 15.9. The molecule has 0 saturated heterocycles. The lowest BCUT2D eigenvalue weighted by molar-refractivity contribution is 0.251. The second kappa shape index (κ2) is 6.36. The molecular weight excluding hydrogens is 290 g/mol. The minimum atomic E-state index is -3.20. The van der Waals surface area contributed by atoms with Gasteiger partial charge in [0.15, 0.2) is 9.84 Å². The van der Waals surface area contributed by atoms with E-state index in [0.29, 0.717) is 12.4 Å². The first-order valence-electron chi connectivity index (χ1n) is 6.20. The van der Waals surface area contributed by atoms with Gasteiger partial charge in [-0.2, -0.15) is 0 Å². The Morgan fingerprint density at radius 2 is 1.86 bits per heavy atom. The van der Waals surface area contributed by atoms with Crippen LogP contribution in [0, 0.1) is 0 Å². The Bertz CT molecular complexity index is 713. The van der Waals surface area contributed by atoms with Crippen molar-refractivity contribution in [3.05, 3.63) is 54.2 Å². The largest absolute Gasteiger partial charge is 0.334 e. The SMILES string of the molecule is CS(=O)(=O)c1ccc(CNC(=O)Nc2ccccn2)cc1. The molecule has 0 saturated carbocycles. The lowest BCUT2D eigenvalue weighted by Gasteiger charge is -2.07. The van der Waals surface area contributed by atoms with Gasteiger partial charge in [-0.15, -0.1) is 0 Å². The topological polar surface area (TPSA) is 88.2 Å². The Hall–Kier alpha value is -2.41. The monoisotopic (exact) mass is 305 g/mol. The van der Waals surface area contributed by atoms with E-state index in [-0.39, 0.29) is 10.9 Å². The highest BCUT2D eigenvalue weighted by Crippen LogP contribution is 2.10. The number of amides is 2. The molecule has 0 bridgehead atoms. The molecule has 1 aromatic heterocycles. The standard InChI is InChI=1S/C14H15N3O3S/c1-21(19,20)12-7-5-11(6-8-12)10-16-14(18)17-13-4-2-3-9-15-13/h2-9H,10H2,1H3,(H2,15,16,17,18). The number of carbonyl (C=O) groups excluding carboxylic acids is 1. The summed E-state index contributed by atoms with van der Waals surface area (Å²) in [6, 6.07) is 11.2. The molecule has 1 heterocycles. The van der Waals surface area contributed by atoms with Crippen LogP contribution in [-0.2, 0) is 16.4 Å². The van der Waals surface area contributed by atoms with Crippen molar-refractivity contribution in [2.75, 3.05) is 11.6 Å². The van der Waals surface area contributed by atoms with Gasteiger partial charge in [0.05, 0.1) is 4.90 Å². The number of nitrogens with one attached hydrogen (secondary N) is 2. The number of benzene rings is 1. The smallest absolute Gasteiger partial charge is 0.320 e. The third kappa shape index (κ3) is 4.57. The van der Waals surface area contributed by atoms with Crippen LogP contribution in [-0.4, -0.2) is 25.7 Å². The summed E-state index contributed by atoms with van der Waals surface area (Å²) in [5.41, 5.74) is 0.804. The van der Waals surface area contributed by atoms with Crippen LogP contribution in [0.2, 0.25) is 0 Å². The number of aromatic nitrogens is 1. The van der Waals surface area contributed by atoms with Gasteiger partial charge in [-0.3, -0.25) is 5.32 Å². The normalized spacial score (nSPS) is 10.9. The van der Waals surface area contributed by atoms with Gasteiger partial charge in [0.1, 0.15) is 5.82 Å². The Labute approximate surface area is 123 Å². The van der Waals surface area contributed by atoms with Gasteiger partial charge in [0.2, 0.25) is 0 Å². The maximum atomic E-state index is 11.7. The van der Waals surface area contributed by atoms with E-state index in [1.165, 1.54) is 12.1 Å². The van der Waals surface area contributed by atoms with Crippen LogP contribution in [0.5, 0.6) is 0 Å². The Kier molecular flexibility index (Phi) is 4.54. The molecule has 7 heteroatoms. The van der Waals surface area contributed by atoms with Crippen LogP contribution in [0.15, 0.2) is 53.6 Å². The average Bonchev–Trinajstić information content (AvgIpc) is 2.46. The fourth-order valence-corrected chi connectivity index (χ4v) is 2.26. The molecule has 0 aliphatic heterocycles. The highest BCUT2D eigenvalue weighted by atomic mass is 32.2. The third-order valence-electron chi connectivity index (χ3n) is 2.71. The number of hydrogen-bond donors (Lipinski definition) is 2. The van der Waals surface area contributed by atoms with Crippen molar-refractivity contribution < 1.29 is 13.2 Å². The van der Waals surface area contributed by atoms with E-state index in [4.69, 9.17) is 0 Å². The zero-order chi connectivity index (χ0) is 15.3. The van der Waals surface area contributed by atoms with Gasteiger partial charge < -0.3 is 5.32 Å². The summed E-state index contributed by atoms with van der Waals surface area (Å²) in [5, 5.41) is 5.26. The number of pyridine rings is 1. The molecule has 110 valence electrons. The third-order valence-corrected chi connectivity index (χ3v) is 3.84. The van der Waals surface area contributed by atoms with Crippen molar-refractivity contribution in [3.63, 3.8) is 0 Å². The lowest BCUT2D eigenvalue weighted by Crippen LogP contribution is -2.28. The first-order valence-corrected chi connectivity index (χ1v) is 8.09. The molecule has 0 radical (unpaired) electrons. The molecule has 2 aromatic rings. The summed E-state index contributed by atoms with van der Waals surface area (Å²) >= 11 is 0. The molecule has 0 spiro atoms. The second-order valence-electron chi connectivity index (χ2n) is 4.44. The van der Waals surface area contributed by atoms with Crippen LogP contribution < -0.4 is 10.6 Å². The van der Waals surface area contributed by atoms with Crippen LogP contribution in [0.1, 0.15) is 5.56 Å². The summed E-state index contributed by atoms with van der Waals surface area (Å²) in [7, 11) is -3.20. The molecule has 0 aliphatic carbocycles. The summed E-state index contributed by atoms with van der Waals surface area (Å²) in [6.45, 7) is 0.294. The molecule has 0 fully saturated rings. The number of carbonyl (C=O) groups is 1. The van der Waals surface area contributed by atoms with Gasteiger partial charge in [-0.1, -0.05) is 18.2 Å². The molecular formula is C14H15N3O3S. The Morgan fingerprint density at radius 3 is 2.43 bits per heavy atom. The first kappa shape index (κ1) is 15.0. The molecule has 0 aliphatic rings. The Balaban J connectivity index is 1.90. The molecule has 21 heavy (non-hydrogen) atoms.